The van der Waals surface area contributed by atoms with E-state index in [-0.39, 0.29) is 5.82 Å². The fourth-order valence-electron chi connectivity index (χ4n) is 1.80. The lowest BCUT2D eigenvalue weighted by atomic mass is 10.2. The van der Waals surface area contributed by atoms with Gasteiger partial charge in [-0.25, -0.2) is 4.39 Å². The lowest BCUT2D eigenvalue weighted by Crippen LogP contribution is -2.11. The van der Waals surface area contributed by atoms with Gasteiger partial charge >= 0.3 is 0 Å². The Morgan fingerprint density at radius 1 is 1.11 bits per heavy atom. The zero-order chi connectivity index (χ0) is 13.8. The summed E-state index contributed by atoms with van der Waals surface area (Å²) in [4.78, 5) is 1.95. The van der Waals surface area contributed by atoms with E-state index < -0.39 is 0 Å². The molecular formula is C15H17FN2O. The van der Waals surface area contributed by atoms with E-state index in [1.54, 1.807) is 18.2 Å². The Labute approximate surface area is 112 Å². The molecule has 2 aromatic rings. The molecule has 0 unspecified atom stereocenters. The monoisotopic (exact) mass is 259 g/mol. The van der Waals surface area contributed by atoms with Crippen LogP contribution >= 0.6 is 0 Å². The number of hydrogen-bond donors (Lipinski definition) is 1. The summed E-state index contributed by atoms with van der Waals surface area (Å²) >= 11 is 0. The minimum absolute atomic E-state index is 0.273. The fraction of sp³-hybridized carbons (Fsp3) is 0.200. The zero-order valence-corrected chi connectivity index (χ0v) is 11.1. The average Bonchev–Trinajstić information content (AvgIpc) is 2.34. The van der Waals surface area contributed by atoms with Gasteiger partial charge in [-0.2, -0.15) is 0 Å². The van der Waals surface area contributed by atoms with Gasteiger partial charge in [0.25, 0.3) is 0 Å². The van der Waals surface area contributed by atoms with E-state index in [4.69, 9.17) is 10.5 Å². The molecule has 2 aromatic carbocycles. The third kappa shape index (κ3) is 3.45. The van der Waals surface area contributed by atoms with Gasteiger partial charge in [-0.05, 0) is 44.4 Å². The third-order valence-electron chi connectivity index (χ3n) is 2.65. The van der Waals surface area contributed by atoms with Crippen molar-refractivity contribution in [2.24, 2.45) is 0 Å². The maximum Gasteiger partial charge on any atom is 0.150 e. The first-order valence-electron chi connectivity index (χ1n) is 6.02. The molecule has 0 bridgehead atoms. The molecule has 0 aliphatic carbocycles. The number of hydrogen-bond acceptors (Lipinski definition) is 3. The van der Waals surface area contributed by atoms with Crippen LogP contribution in [0.1, 0.15) is 5.56 Å². The number of rotatable bonds is 4. The Kier molecular flexibility index (Phi) is 4.02. The van der Waals surface area contributed by atoms with Crippen LogP contribution < -0.4 is 10.5 Å². The van der Waals surface area contributed by atoms with E-state index in [0.717, 1.165) is 5.56 Å². The molecule has 3 nitrogen and oxygen atoms in total. The van der Waals surface area contributed by atoms with Crippen molar-refractivity contribution in [3.05, 3.63) is 53.8 Å². The van der Waals surface area contributed by atoms with E-state index >= 15 is 0 Å². The molecule has 0 radical (unpaired) electrons. The van der Waals surface area contributed by atoms with Gasteiger partial charge in [-0.1, -0.05) is 12.1 Å². The number of benzene rings is 2. The summed E-state index contributed by atoms with van der Waals surface area (Å²) < 4.78 is 19.1. The van der Waals surface area contributed by atoms with Gasteiger partial charge in [0.2, 0.25) is 0 Å². The summed E-state index contributed by atoms with van der Waals surface area (Å²) in [5, 5.41) is 0. The molecule has 0 atom stereocenters. The molecule has 0 aromatic heterocycles. The minimum Gasteiger partial charge on any atom is -0.455 e. The predicted octanol–water partition coefficient (Wildman–Crippen LogP) is 3.26. The Bertz CT molecular complexity index is 570. The normalized spacial score (nSPS) is 10.7. The highest BCUT2D eigenvalue weighted by Gasteiger charge is 2.09. The number of halogens is 1. The van der Waals surface area contributed by atoms with Gasteiger partial charge in [0.15, 0.2) is 0 Å². The van der Waals surface area contributed by atoms with E-state index in [2.05, 4.69) is 0 Å². The highest BCUT2D eigenvalue weighted by molar-refractivity contribution is 5.54. The van der Waals surface area contributed by atoms with Crippen LogP contribution in [0.3, 0.4) is 0 Å². The molecule has 100 valence electrons. The second-order valence-corrected chi connectivity index (χ2v) is 4.63. The smallest absolute Gasteiger partial charge is 0.150 e. The number of nitrogen functional groups attached to an aromatic ring is 1. The number of para-hydroxylation sites is 2. The van der Waals surface area contributed by atoms with Crippen LogP contribution in [0.4, 0.5) is 10.1 Å². The van der Waals surface area contributed by atoms with E-state index in [1.807, 2.05) is 31.1 Å². The van der Waals surface area contributed by atoms with Crippen LogP contribution in [-0.4, -0.2) is 19.0 Å². The zero-order valence-electron chi connectivity index (χ0n) is 11.1. The van der Waals surface area contributed by atoms with E-state index in [1.165, 1.54) is 12.1 Å². The van der Waals surface area contributed by atoms with Crippen molar-refractivity contribution < 1.29 is 9.13 Å². The van der Waals surface area contributed by atoms with Gasteiger partial charge in [0.05, 0.1) is 5.69 Å². The predicted molar refractivity (Wildman–Crippen MR) is 74.7 cm³/mol. The topological polar surface area (TPSA) is 38.5 Å². The molecule has 2 rings (SSSR count). The Morgan fingerprint density at radius 3 is 2.53 bits per heavy atom. The van der Waals surface area contributed by atoms with Crippen LogP contribution in [0.25, 0.3) is 0 Å². The molecule has 19 heavy (non-hydrogen) atoms. The fourth-order valence-corrected chi connectivity index (χ4v) is 1.80. The minimum atomic E-state index is -0.273. The highest BCUT2D eigenvalue weighted by Crippen LogP contribution is 2.30. The first kappa shape index (κ1) is 13.4. The van der Waals surface area contributed by atoms with Crippen LogP contribution in [0, 0.1) is 5.82 Å². The highest BCUT2D eigenvalue weighted by atomic mass is 18.2. The Morgan fingerprint density at radius 2 is 1.84 bits per heavy atom. The molecule has 4 heteroatoms. The molecule has 0 aliphatic heterocycles. The number of ether oxygens (including phenoxy) is 1. The van der Waals surface area contributed by atoms with Crippen molar-refractivity contribution in [3.8, 4) is 11.5 Å². The SMILES string of the molecule is CN(C)Cc1cc([18F])ccc1Oc1ccccc1N. The molecule has 0 saturated carbocycles. The van der Waals surface area contributed by atoms with Crippen LogP contribution in [0.5, 0.6) is 11.5 Å². The summed E-state index contributed by atoms with van der Waals surface area (Å²) in [7, 11) is 3.84. The van der Waals surface area contributed by atoms with Gasteiger partial charge in [0.1, 0.15) is 17.3 Å². The summed E-state index contributed by atoms with van der Waals surface area (Å²) in [6, 6.07) is 11.7. The lowest BCUT2D eigenvalue weighted by Gasteiger charge is -2.15. The Balaban J connectivity index is 2.32. The van der Waals surface area contributed by atoms with Crippen molar-refractivity contribution in [1.29, 1.82) is 0 Å². The second kappa shape index (κ2) is 5.71. The van der Waals surface area contributed by atoms with Gasteiger partial charge in [0, 0.05) is 12.1 Å². The second-order valence-electron chi connectivity index (χ2n) is 4.63. The summed E-state index contributed by atoms with van der Waals surface area (Å²) in [6.45, 7) is 0.597. The van der Waals surface area contributed by atoms with Crippen molar-refractivity contribution >= 4 is 5.69 Å². The number of nitrogens with zero attached hydrogens (tertiary/aromatic N) is 1. The largest absolute Gasteiger partial charge is 0.455 e. The van der Waals surface area contributed by atoms with Crippen molar-refractivity contribution in [1.82, 2.24) is 4.90 Å². The molecule has 0 aliphatic rings. The molecule has 0 fully saturated rings. The van der Waals surface area contributed by atoms with Gasteiger partial charge in [-0.3, -0.25) is 0 Å². The molecule has 0 saturated heterocycles. The molecule has 0 heterocycles. The summed E-state index contributed by atoms with van der Waals surface area (Å²) in [5.41, 5.74) is 7.18. The molecule has 2 N–H and O–H groups in total. The number of nitrogens with two attached hydrogens (primary N) is 1. The Hall–Kier alpha value is -2.07. The van der Waals surface area contributed by atoms with Crippen LogP contribution in [0.15, 0.2) is 42.5 Å². The van der Waals surface area contributed by atoms with Crippen LogP contribution in [-0.2, 0) is 6.54 Å². The quantitative estimate of drug-likeness (QED) is 0.856. The van der Waals surface area contributed by atoms with Crippen molar-refractivity contribution in [3.63, 3.8) is 0 Å². The lowest BCUT2D eigenvalue weighted by molar-refractivity contribution is 0.387. The maximum absolute atomic E-state index is 13.3. The van der Waals surface area contributed by atoms with Crippen molar-refractivity contribution in [2.75, 3.05) is 19.8 Å². The van der Waals surface area contributed by atoms with Gasteiger partial charge < -0.3 is 15.4 Å². The van der Waals surface area contributed by atoms with Gasteiger partial charge in [-0.15, -0.1) is 0 Å². The van der Waals surface area contributed by atoms with E-state index in [9.17, 15) is 4.39 Å². The van der Waals surface area contributed by atoms with E-state index in [0.29, 0.717) is 23.7 Å². The molecule has 0 amide bonds. The summed E-state index contributed by atoms with van der Waals surface area (Å²) in [6.07, 6.45) is 0. The molecule has 0 spiro atoms. The maximum atomic E-state index is 13.3. The van der Waals surface area contributed by atoms with Crippen LogP contribution in [0.2, 0.25) is 0 Å². The summed E-state index contributed by atoms with van der Waals surface area (Å²) in [5.74, 6) is 0.923. The standard InChI is InChI=1S/C15H17FN2O/c1-18(2)10-11-9-12(16)7-8-14(11)19-15-6-4-3-5-13(15)17/h3-9H,10,17H2,1-2H3/i16-1. The first-order chi connectivity index (χ1) is 9.06. The first-order valence-corrected chi connectivity index (χ1v) is 6.02. The number of anilines is 1. The van der Waals surface area contributed by atoms with Crippen molar-refractivity contribution in [2.45, 2.75) is 6.54 Å². The molecular weight excluding hydrogens is 242 g/mol. The average molecular weight is 259 g/mol. The third-order valence-corrected chi connectivity index (χ3v) is 2.65.